The van der Waals surface area contributed by atoms with E-state index in [1.54, 1.807) is 0 Å². The lowest BCUT2D eigenvalue weighted by atomic mass is 10.1. The van der Waals surface area contributed by atoms with Gasteiger partial charge < -0.3 is 4.90 Å². The van der Waals surface area contributed by atoms with E-state index in [1.165, 1.54) is 0 Å². The SMILES string of the molecule is CC(C)c1nn(C)cc1N1CCC(=O)C1. The van der Waals surface area contributed by atoms with E-state index in [1.807, 2.05) is 17.9 Å². The number of rotatable bonds is 2. The molecule has 15 heavy (non-hydrogen) atoms. The molecular weight excluding hydrogens is 190 g/mol. The number of Topliss-reactive ketones (excluding diaryl/α,β-unsaturated/α-hetero) is 1. The van der Waals surface area contributed by atoms with Gasteiger partial charge >= 0.3 is 0 Å². The summed E-state index contributed by atoms with van der Waals surface area (Å²) in [5.41, 5.74) is 2.21. The Morgan fingerprint density at radius 3 is 2.73 bits per heavy atom. The largest absolute Gasteiger partial charge is 0.361 e. The zero-order valence-corrected chi connectivity index (χ0v) is 9.53. The van der Waals surface area contributed by atoms with Crippen molar-refractivity contribution in [3.8, 4) is 0 Å². The van der Waals surface area contributed by atoms with E-state index in [4.69, 9.17) is 0 Å². The van der Waals surface area contributed by atoms with Crippen molar-refractivity contribution in [1.82, 2.24) is 9.78 Å². The van der Waals surface area contributed by atoms with Crippen molar-refractivity contribution >= 4 is 11.5 Å². The van der Waals surface area contributed by atoms with E-state index >= 15 is 0 Å². The van der Waals surface area contributed by atoms with Crippen molar-refractivity contribution in [2.75, 3.05) is 18.0 Å². The number of nitrogens with zero attached hydrogens (tertiary/aromatic N) is 3. The molecule has 0 aromatic carbocycles. The molecule has 0 radical (unpaired) electrons. The molecule has 1 aromatic heterocycles. The number of carbonyl (C=O) groups excluding carboxylic acids is 1. The Bertz CT molecular complexity index is 381. The lowest BCUT2D eigenvalue weighted by Gasteiger charge is -2.16. The minimum absolute atomic E-state index is 0.327. The fraction of sp³-hybridized carbons (Fsp3) is 0.636. The summed E-state index contributed by atoms with van der Waals surface area (Å²) >= 11 is 0. The lowest BCUT2D eigenvalue weighted by molar-refractivity contribution is -0.116. The van der Waals surface area contributed by atoms with Gasteiger partial charge in [-0.25, -0.2) is 0 Å². The normalized spacial score (nSPS) is 16.8. The highest BCUT2D eigenvalue weighted by Gasteiger charge is 2.24. The van der Waals surface area contributed by atoms with Crippen molar-refractivity contribution in [3.63, 3.8) is 0 Å². The molecule has 0 bridgehead atoms. The van der Waals surface area contributed by atoms with Gasteiger partial charge in [-0.2, -0.15) is 5.10 Å². The van der Waals surface area contributed by atoms with Crippen LogP contribution in [-0.2, 0) is 11.8 Å². The number of aryl methyl sites for hydroxylation is 1. The van der Waals surface area contributed by atoms with Crippen LogP contribution in [0.5, 0.6) is 0 Å². The first kappa shape index (κ1) is 10.2. The Hall–Kier alpha value is -1.32. The highest BCUT2D eigenvalue weighted by atomic mass is 16.1. The molecule has 1 fully saturated rings. The molecule has 0 atom stereocenters. The summed E-state index contributed by atoms with van der Waals surface area (Å²) < 4.78 is 1.83. The van der Waals surface area contributed by atoms with Gasteiger partial charge in [-0.15, -0.1) is 0 Å². The summed E-state index contributed by atoms with van der Waals surface area (Å²) in [6, 6.07) is 0. The van der Waals surface area contributed by atoms with Gasteiger partial charge in [0.1, 0.15) is 0 Å². The third-order valence-corrected chi connectivity index (χ3v) is 2.75. The average molecular weight is 207 g/mol. The Labute approximate surface area is 89.9 Å². The van der Waals surface area contributed by atoms with Crippen molar-refractivity contribution in [2.24, 2.45) is 7.05 Å². The molecule has 1 saturated heterocycles. The van der Waals surface area contributed by atoms with E-state index in [0.29, 0.717) is 24.7 Å². The molecule has 0 amide bonds. The van der Waals surface area contributed by atoms with E-state index in [9.17, 15) is 4.79 Å². The van der Waals surface area contributed by atoms with Gasteiger partial charge in [0.15, 0.2) is 5.78 Å². The summed E-state index contributed by atoms with van der Waals surface area (Å²) in [6.07, 6.45) is 2.68. The maximum Gasteiger partial charge on any atom is 0.153 e. The maximum atomic E-state index is 11.2. The standard InChI is InChI=1S/C11H17N3O/c1-8(2)11-10(7-13(3)12-11)14-5-4-9(15)6-14/h7-8H,4-6H2,1-3H3. The summed E-state index contributed by atoms with van der Waals surface area (Å²) in [4.78, 5) is 13.4. The van der Waals surface area contributed by atoms with Gasteiger partial charge in [0.2, 0.25) is 0 Å². The number of ketones is 1. The van der Waals surface area contributed by atoms with Crippen molar-refractivity contribution < 1.29 is 4.79 Å². The zero-order chi connectivity index (χ0) is 11.0. The van der Waals surface area contributed by atoms with Crippen LogP contribution in [0.25, 0.3) is 0 Å². The molecular formula is C11H17N3O. The highest BCUT2D eigenvalue weighted by Crippen LogP contribution is 2.27. The molecule has 1 aliphatic rings. The van der Waals surface area contributed by atoms with E-state index in [2.05, 4.69) is 23.8 Å². The van der Waals surface area contributed by atoms with Gasteiger partial charge in [-0.05, 0) is 5.92 Å². The quantitative estimate of drug-likeness (QED) is 0.734. The lowest BCUT2D eigenvalue weighted by Crippen LogP contribution is -2.20. The Morgan fingerprint density at radius 2 is 2.20 bits per heavy atom. The maximum absolute atomic E-state index is 11.2. The zero-order valence-electron chi connectivity index (χ0n) is 9.53. The number of hydrogen-bond donors (Lipinski definition) is 0. The third-order valence-electron chi connectivity index (χ3n) is 2.75. The molecule has 0 aliphatic carbocycles. The van der Waals surface area contributed by atoms with Crippen LogP contribution in [-0.4, -0.2) is 28.7 Å². The smallest absolute Gasteiger partial charge is 0.153 e. The molecule has 0 unspecified atom stereocenters. The van der Waals surface area contributed by atoms with E-state index < -0.39 is 0 Å². The summed E-state index contributed by atoms with van der Waals surface area (Å²) in [6.45, 7) is 5.64. The first-order valence-electron chi connectivity index (χ1n) is 5.38. The molecule has 4 nitrogen and oxygen atoms in total. The van der Waals surface area contributed by atoms with Crippen LogP contribution >= 0.6 is 0 Å². The summed E-state index contributed by atoms with van der Waals surface area (Å²) in [5.74, 6) is 0.727. The van der Waals surface area contributed by atoms with Crippen LogP contribution in [0.4, 0.5) is 5.69 Å². The van der Waals surface area contributed by atoms with Crippen LogP contribution in [0, 0.1) is 0 Å². The second-order valence-electron chi connectivity index (χ2n) is 4.44. The van der Waals surface area contributed by atoms with Gasteiger partial charge in [0.25, 0.3) is 0 Å². The summed E-state index contributed by atoms with van der Waals surface area (Å²) in [5, 5.41) is 4.44. The topological polar surface area (TPSA) is 38.1 Å². The molecule has 4 heteroatoms. The molecule has 0 saturated carbocycles. The number of hydrogen-bond acceptors (Lipinski definition) is 3. The molecule has 0 spiro atoms. The highest BCUT2D eigenvalue weighted by molar-refractivity contribution is 5.87. The molecule has 1 aromatic rings. The molecule has 2 heterocycles. The van der Waals surface area contributed by atoms with Crippen LogP contribution < -0.4 is 4.90 Å². The van der Waals surface area contributed by atoms with E-state index in [-0.39, 0.29) is 0 Å². The van der Waals surface area contributed by atoms with Gasteiger partial charge in [-0.1, -0.05) is 13.8 Å². The second-order valence-corrected chi connectivity index (χ2v) is 4.44. The van der Waals surface area contributed by atoms with Crippen molar-refractivity contribution in [3.05, 3.63) is 11.9 Å². The fourth-order valence-electron chi connectivity index (χ4n) is 1.98. The Kier molecular flexibility index (Phi) is 2.50. The van der Waals surface area contributed by atoms with Crippen molar-refractivity contribution in [1.29, 1.82) is 0 Å². The van der Waals surface area contributed by atoms with Crippen LogP contribution in [0.1, 0.15) is 31.9 Å². The second kappa shape index (κ2) is 3.68. The minimum Gasteiger partial charge on any atom is -0.361 e. The van der Waals surface area contributed by atoms with Gasteiger partial charge in [0.05, 0.1) is 17.9 Å². The predicted molar refractivity (Wildman–Crippen MR) is 59.1 cm³/mol. The first-order chi connectivity index (χ1) is 7.08. The Balaban J connectivity index is 2.30. The molecule has 82 valence electrons. The monoisotopic (exact) mass is 207 g/mol. The first-order valence-corrected chi connectivity index (χ1v) is 5.38. The van der Waals surface area contributed by atoms with Crippen LogP contribution in [0.2, 0.25) is 0 Å². The molecule has 1 aliphatic heterocycles. The molecule has 2 rings (SSSR count). The summed E-state index contributed by atoms with van der Waals surface area (Å²) in [7, 11) is 1.92. The third kappa shape index (κ3) is 1.89. The van der Waals surface area contributed by atoms with Gasteiger partial charge in [0, 0.05) is 26.2 Å². The van der Waals surface area contributed by atoms with E-state index in [0.717, 1.165) is 17.9 Å². The number of anilines is 1. The Morgan fingerprint density at radius 1 is 1.47 bits per heavy atom. The van der Waals surface area contributed by atoms with Crippen LogP contribution in [0.15, 0.2) is 6.20 Å². The molecule has 0 N–H and O–H groups in total. The number of aromatic nitrogens is 2. The minimum atomic E-state index is 0.327. The van der Waals surface area contributed by atoms with Gasteiger partial charge in [-0.3, -0.25) is 9.48 Å². The van der Waals surface area contributed by atoms with Crippen molar-refractivity contribution in [2.45, 2.75) is 26.2 Å². The van der Waals surface area contributed by atoms with Crippen LogP contribution in [0.3, 0.4) is 0 Å². The fourth-order valence-corrected chi connectivity index (χ4v) is 1.98. The average Bonchev–Trinajstić information content (AvgIpc) is 2.71. The number of carbonyl (C=O) groups is 1. The predicted octanol–water partition coefficient (Wildman–Crippen LogP) is 1.32.